The number of para-hydroxylation sites is 1. The summed E-state index contributed by atoms with van der Waals surface area (Å²) in [6, 6.07) is 5.64. The van der Waals surface area contributed by atoms with Gasteiger partial charge in [0.05, 0.1) is 16.8 Å². The molecule has 0 aliphatic rings. The van der Waals surface area contributed by atoms with Gasteiger partial charge in [-0.15, -0.1) is 0 Å². The summed E-state index contributed by atoms with van der Waals surface area (Å²) in [5, 5.41) is 0. The number of hydrogen-bond acceptors (Lipinski definition) is 3. The molecule has 0 aromatic heterocycles. The Bertz CT molecular complexity index is 260. The highest BCUT2D eigenvalue weighted by molar-refractivity contribution is 9.10. The maximum atomic E-state index is 5.74. The summed E-state index contributed by atoms with van der Waals surface area (Å²) in [6.07, 6.45) is 2.05. The van der Waals surface area contributed by atoms with Gasteiger partial charge in [0.2, 0.25) is 0 Å². The van der Waals surface area contributed by atoms with Gasteiger partial charge in [-0.2, -0.15) is 11.8 Å². The quantitative estimate of drug-likeness (QED) is 0.669. The summed E-state index contributed by atoms with van der Waals surface area (Å²) >= 11 is 5.14. The molecule has 2 N–H and O–H groups in total. The van der Waals surface area contributed by atoms with E-state index in [9.17, 15) is 0 Å². The van der Waals surface area contributed by atoms with E-state index < -0.39 is 0 Å². The van der Waals surface area contributed by atoms with Gasteiger partial charge in [-0.05, 0) is 34.3 Å². The minimum absolute atomic E-state index is 0.676. The molecule has 1 rings (SSSR count). The van der Waals surface area contributed by atoms with E-state index in [-0.39, 0.29) is 0 Å². The van der Waals surface area contributed by atoms with Gasteiger partial charge in [0.1, 0.15) is 0 Å². The van der Waals surface area contributed by atoms with E-state index in [4.69, 9.17) is 10.5 Å². The maximum Gasteiger partial charge on any atom is 0.156 e. The number of ether oxygens (including phenoxy) is 1. The van der Waals surface area contributed by atoms with Gasteiger partial charge in [0.15, 0.2) is 5.75 Å². The first-order valence-corrected chi connectivity index (χ1v) is 6.10. The molecule has 0 saturated carbocycles. The molecule has 4 heteroatoms. The van der Waals surface area contributed by atoms with Crippen molar-refractivity contribution in [2.24, 2.45) is 0 Å². The first-order valence-electron chi connectivity index (χ1n) is 3.91. The van der Waals surface area contributed by atoms with Crippen molar-refractivity contribution in [1.82, 2.24) is 0 Å². The molecule has 13 heavy (non-hydrogen) atoms. The van der Waals surface area contributed by atoms with Gasteiger partial charge in [0, 0.05) is 5.75 Å². The van der Waals surface area contributed by atoms with Gasteiger partial charge in [0.25, 0.3) is 0 Å². The van der Waals surface area contributed by atoms with Gasteiger partial charge in [-0.25, -0.2) is 0 Å². The van der Waals surface area contributed by atoms with E-state index in [0.717, 1.165) is 16.0 Å². The van der Waals surface area contributed by atoms with Crippen LogP contribution in [0.15, 0.2) is 22.7 Å². The summed E-state index contributed by atoms with van der Waals surface area (Å²) < 4.78 is 6.43. The molecule has 72 valence electrons. The van der Waals surface area contributed by atoms with Crippen LogP contribution in [0.3, 0.4) is 0 Å². The monoisotopic (exact) mass is 261 g/mol. The largest absolute Gasteiger partial charge is 0.489 e. The summed E-state index contributed by atoms with van der Waals surface area (Å²) in [5.41, 5.74) is 6.42. The van der Waals surface area contributed by atoms with E-state index in [0.29, 0.717) is 12.3 Å². The minimum Gasteiger partial charge on any atom is -0.489 e. The number of hydrogen-bond donors (Lipinski definition) is 1. The molecule has 0 spiro atoms. The average Bonchev–Trinajstić information content (AvgIpc) is 2.10. The average molecular weight is 262 g/mol. The first kappa shape index (κ1) is 10.7. The highest BCUT2D eigenvalue weighted by Crippen LogP contribution is 2.30. The fourth-order valence-electron chi connectivity index (χ4n) is 0.905. The molecule has 0 fully saturated rings. The molecular formula is C9H12BrNOS. The lowest BCUT2D eigenvalue weighted by molar-refractivity contribution is 0.344. The summed E-state index contributed by atoms with van der Waals surface area (Å²) in [4.78, 5) is 0. The number of rotatable bonds is 4. The van der Waals surface area contributed by atoms with Crippen molar-refractivity contribution in [1.29, 1.82) is 0 Å². The lowest BCUT2D eigenvalue weighted by Crippen LogP contribution is -2.02. The Labute approximate surface area is 91.0 Å². The number of nitrogens with two attached hydrogens (primary N) is 1. The summed E-state index contributed by atoms with van der Waals surface area (Å²) in [5.74, 6) is 1.72. The fourth-order valence-corrected chi connectivity index (χ4v) is 1.65. The molecule has 0 aliphatic carbocycles. The maximum absolute atomic E-state index is 5.74. The standard InChI is InChI=1S/C9H12BrNOS/c1-13-6-5-12-9-7(10)3-2-4-8(9)11/h2-4H,5-6,11H2,1H3. The molecule has 2 nitrogen and oxygen atoms in total. The Kier molecular flexibility index (Phi) is 4.45. The molecule has 0 radical (unpaired) electrons. The van der Waals surface area contributed by atoms with Crippen LogP contribution in [0.25, 0.3) is 0 Å². The van der Waals surface area contributed by atoms with Crippen LogP contribution >= 0.6 is 27.7 Å². The van der Waals surface area contributed by atoms with Gasteiger partial charge >= 0.3 is 0 Å². The molecule has 0 heterocycles. The Morgan fingerprint density at radius 1 is 1.54 bits per heavy atom. The zero-order valence-corrected chi connectivity index (χ0v) is 9.82. The fraction of sp³-hybridized carbons (Fsp3) is 0.333. The van der Waals surface area contributed by atoms with Crippen molar-refractivity contribution in [2.45, 2.75) is 0 Å². The number of nitrogen functional groups attached to an aromatic ring is 1. The van der Waals surface area contributed by atoms with Crippen molar-refractivity contribution >= 4 is 33.4 Å². The smallest absolute Gasteiger partial charge is 0.156 e. The third-order valence-corrected chi connectivity index (χ3v) is 2.73. The number of anilines is 1. The van der Waals surface area contributed by atoms with Crippen molar-refractivity contribution in [3.8, 4) is 5.75 Å². The predicted octanol–water partition coefficient (Wildman–Crippen LogP) is 2.77. The third-order valence-electron chi connectivity index (χ3n) is 1.53. The Hall–Kier alpha value is -0.350. The van der Waals surface area contributed by atoms with E-state index in [1.54, 1.807) is 11.8 Å². The number of thioether (sulfide) groups is 1. The molecule has 1 aromatic carbocycles. The zero-order valence-electron chi connectivity index (χ0n) is 7.42. The molecule has 1 aromatic rings. The third kappa shape index (κ3) is 3.12. The zero-order chi connectivity index (χ0) is 9.68. The predicted molar refractivity (Wildman–Crippen MR) is 62.4 cm³/mol. The van der Waals surface area contributed by atoms with Crippen molar-refractivity contribution in [2.75, 3.05) is 24.3 Å². The number of halogens is 1. The number of benzene rings is 1. The van der Waals surface area contributed by atoms with Gasteiger partial charge in [-0.3, -0.25) is 0 Å². The topological polar surface area (TPSA) is 35.2 Å². The second kappa shape index (κ2) is 5.40. The molecule has 0 amide bonds. The normalized spacial score (nSPS) is 10.0. The van der Waals surface area contributed by atoms with E-state index in [1.165, 1.54) is 0 Å². The Morgan fingerprint density at radius 3 is 2.92 bits per heavy atom. The molecule has 0 aliphatic heterocycles. The van der Waals surface area contributed by atoms with Crippen molar-refractivity contribution in [3.63, 3.8) is 0 Å². The van der Waals surface area contributed by atoms with E-state index in [1.807, 2.05) is 24.5 Å². The van der Waals surface area contributed by atoms with Crippen LogP contribution in [-0.2, 0) is 0 Å². The second-order valence-electron chi connectivity index (χ2n) is 2.50. The van der Waals surface area contributed by atoms with E-state index >= 15 is 0 Å². The minimum atomic E-state index is 0.676. The van der Waals surface area contributed by atoms with Crippen LogP contribution in [0.4, 0.5) is 5.69 Å². The molecule has 0 bridgehead atoms. The lowest BCUT2D eigenvalue weighted by atomic mass is 10.3. The summed E-state index contributed by atoms with van der Waals surface area (Å²) in [6.45, 7) is 0.688. The van der Waals surface area contributed by atoms with Crippen LogP contribution < -0.4 is 10.5 Å². The SMILES string of the molecule is CSCCOc1c(N)cccc1Br. The van der Waals surface area contributed by atoms with Crippen molar-refractivity contribution < 1.29 is 4.74 Å². The van der Waals surface area contributed by atoms with Gasteiger partial charge < -0.3 is 10.5 Å². The van der Waals surface area contributed by atoms with Crippen LogP contribution in [0.2, 0.25) is 0 Å². The van der Waals surface area contributed by atoms with E-state index in [2.05, 4.69) is 15.9 Å². The van der Waals surface area contributed by atoms with Crippen LogP contribution in [0.5, 0.6) is 5.75 Å². The van der Waals surface area contributed by atoms with Gasteiger partial charge in [-0.1, -0.05) is 6.07 Å². The van der Waals surface area contributed by atoms with Crippen LogP contribution in [0.1, 0.15) is 0 Å². The van der Waals surface area contributed by atoms with Crippen LogP contribution in [-0.4, -0.2) is 18.6 Å². The second-order valence-corrected chi connectivity index (χ2v) is 4.34. The first-order chi connectivity index (χ1) is 6.25. The molecule has 0 atom stereocenters. The summed E-state index contributed by atoms with van der Waals surface area (Å²) in [7, 11) is 0. The highest BCUT2D eigenvalue weighted by atomic mass is 79.9. The molecule has 0 saturated heterocycles. The molecule has 0 unspecified atom stereocenters. The molecular weight excluding hydrogens is 250 g/mol. The Balaban J connectivity index is 2.64. The Morgan fingerprint density at radius 2 is 2.31 bits per heavy atom. The van der Waals surface area contributed by atoms with Crippen LogP contribution in [0, 0.1) is 0 Å². The van der Waals surface area contributed by atoms with Crippen molar-refractivity contribution in [3.05, 3.63) is 22.7 Å². The highest BCUT2D eigenvalue weighted by Gasteiger charge is 2.03. The lowest BCUT2D eigenvalue weighted by Gasteiger charge is -2.09.